The third-order valence-electron chi connectivity index (χ3n) is 3.28. The van der Waals surface area contributed by atoms with E-state index in [1.165, 1.54) is 12.1 Å². The van der Waals surface area contributed by atoms with Crippen LogP contribution in [0.15, 0.2) is 18.2 Å². The summed E-state index contributed by atoms with van der Waals surface area (Å²) in [7, 11) is 1.89. The van der Waals surface area contributed by atoms with E-state index in [0.717, 1.165) is 19.4 Å². The van der Waals surface area contributed by atoms with Crippen LogP contribution in [-0.2, 0) is 0 Å². The molecule has 0 bridgehead atoms. The fourth-order valence-corrected chi connectivity index (χ4v) is 2.33. The van der Waals surface area contributed by atoms with Gasteiger partial charge in [-0.25, -0.2) is 4.39 Å². The van der Waals surface area contributed by atoms with Crippen LogP contribution < -0.4 is 5.32 Å². The number of nitrogens with one attached hydrogen (secondary N) is 1. The van der Waals surface area contributed by atoms with Crippen molar-refractivity contribution in [1.82, 2.24) is 10.2 Å². The third-order valence-corrected chi connectivity index (χ3v) is 3.59. The molecule has 0 aliphatic carbocycles. The van der Waals surface area contributed by atoms with Crippen molar-refractivity contribution < 1.29 is 9.18 Å². The van der Waals surface area contributed by atoms with Crippen molar-refractivity contribution in [2.45, 2.75) is 18.9 Å². The van der Waals surface area contributed by atoms with Gasteiger partial charge in [-0.3, -0.25) is 4.79 Å². The first kappa shape index (κ1) is 13.3. The van der Waals surface area contributed by atoms with Gasteiger partial charge < -0.3 is 10.2 Å². The maximum Gasteiger partial charge on any atom is 0.254 e. The van der Waals surface area contributed by atoms with Gasteiger partial charge in [0.1, 0.15) is 5.82 Å². The molecule has 1 heterocycles. The Hall–Kier alpha value is -1.13. The molecule has 18 heavy (non-hydrogen) atoms. The summed E-state index contributed by atoms with van der Waals surface area (Å²) in [6.07, 6.45) is 2.03. The van der Waals surface area contributed by atoms with Crippen LogP contribution in [-0.4, -0.2) is 37.0 Å². The molecule has 0 saturated carbocycles. The number of halogens is 2. The zero-order valence-corrected chi connectivity index (χ0v) is 11.0. The Bertz CT molecular complexity index is 453. The molecule has 1 saturated heterocycles. The molecule has 1 unspecified atom stereocenters. The molecule has 3 nitrogen and oxygen atoms in total. The van der Waals surface area contributed by atoms with Crippen molar-refractivity contribution >= 4 is 17.5 Å². The lowest BCUT2D eigenvalue weighted by Gasteiger charge is -2.32. The summed E-state index contributed by atoms with van der Waals surface area (Å²) in [5.41, 5.74) is 0.355. The number of likely N-dealkylation sites (N-methyl/N-ethyl adjacent to an activating group) is 1. The predicted octanol–water partition coefficient (Wildman–Crippen LogP) is 2.30. The molecule has 1 atom stereocenters. The highest BCUT2D eigenvalue weighted by Crippen LogP contribution is 2.18. The summed E-state index contributed by atoms with van der Waals surface area (Å²) < 4.78 is 13.3. The monoisotopic (exact) mass is 270 g/mol. The minimum Gasteiger partial charge on any atom is -0.337 e. The molecule has 1 fully saturated rings. The van der Waals surface area contributed by atoms with Crippen LogP contribution in [0.2, 0.25) is 5.02 Å². The SMILES string of the molecule is CNC1CCCN(C(=O)c2ccc(Cl)c(F)c2)C1. The third kappa shape index (κ3) is 2.82. The molecule has 1 aromatic rings. The van der Waals surface area contributed by atoms with Gasteiger partial charge in [-0.1, -0.05) is 11.6 Å². The van der Waals surface area contributed by atoms with E-state index in [9.17, 15) is 9.18 Å². The van der Waals surface area contributed by atoms with E-state index in [-0.39, 0.29) is 10.9 Å². The Morgan fingerprint density at radius 1 is 1.56 bits per heavy atom. The Labute approximate surface area is 111 Å². The number of rotatable bonds is 2. The number of amides is 1. The molecule has 1 aliphatic heterocycles. The lowest BCUT2D eigenvalue weighted by atomic mass is 10.0. The van der Waals surface area contributed by atoms with Gasteiger partial charge >= 0.3 is 0 Å². The van der Waals surface area contributed by atoms with Crippen LogP contribution in [0.5, 0.6) is 0 Å². The number of carbonyl (C=O) groups excluding carboxylic acids is 1. The second-order valence-electron chi connectivity index (χ2n) is 4.51. The molecule has 0 radical (unpaired) electrons. The maximum absolute atomic E-state index is 13.3. The van der Waals surface area contributed by atoms with Gasteiger partial charge in [0.2, 0.25) is 0 Å². The van der Waals surface area contributed by atoms with E-state index in [0.29, 0.717) is 18.2 Å². The number of hydrogen-bond acceptors (Lipinski definition) is 2. The zero-order chi connectivity index (χ0) is 13.1. The van der Waals surface area contributed by atoms with Gasteiger partial charge in [0, 0.05) is 24.7 Å². The number of nitrogens with zero attached hydrogens (tertiary/aromatic N) is 1. The number of likely N-dealkylation sites (tertiary alicyclic amines) is 1. The zero-order valence-electron chi connectivity index (χ0n) is 10.2. The Kier molecular flexibility index (Phi) is 4.19. The van der Waals surface area contributed by atoms with Gasteiger partial charge in [-0.05, 0) is 38.1 Å². The first-order chi connectivity index (χ1) is 8.61. The van der Waals surface area contributed by atoms with Crippen molar-refractivity contribution in [3.05, 3.63) is 34.6 Å². The largest absolute Gasteiger partial charge is 0.337 e. The lowest BCUT2D eigenvalue weighted by Crippen LogP contribution is -2.46. The van der Waals surface area contributed by atoms with Crippen LogP contribution in [0.3, 0.4) is 0 Å². The van der Waals surface area contributed by atoms with Crippen molar-refractivity contribution in [2.75, 3.05) is 20.1 Å². The topological polar surface area (TPSA) is 32.3 Å². The Morgan fingerprint density at radius 2 is 2.33 bits per heavy atom. The number of carbonyl (C=O) groups is 1. The summed E-state index contributed by atoms with van der Waals surface area (Å²) in [6, 6.07) is 4.51. The molecule has 0 aromatic heterocycles. The highest BCUT2D eigenvalue weighted by Gasteiger charge is 2.23. The Balaban J connectivity index is 2.12. The van der Waals surface area contributed by atoms with Crippen molar-refractivity contribution in [2.24, 2.45) is 0 Å². The summed E-state index contributed by atoms with van der Waals surface area (Å²) >= 11 is 5.61. The summed E-state index contributed by atoms with van der Waals surface area (Å²) in [5.74, 6) is -0.685. The van der Waals surface area contributed by atoms with Crippen LogP contribution in [0.1, 0.15) is 23.2 Å². The molecule has 0 spiro atoms. The van der Waals surface area contributed by atoms with Crippen LogP contribution in [0, 0.1) is 5.82 Å². The van der Waals surface area contributed by atoms with Crippen LogP contribution >= 0.6 is 11.6 Å². The second-order valence-corrected chi connectivity index (χ2v) is 4.92. The fourth-order valence-electron chi connectivity index (χ4n) is 2.21. The smallest absolute Gasteiger partial charge is 0.254 e. The highest BCUT2D eigenvalue weighted by molar-refractivity contribution is 6.30. The van der Waals surface area contributed by atoms with Gasteiger partial charge in [0.05, 0.1) is 5.02 Å². The second kappa shape index (κ2) is 5.67. The van der Waals surface area contributed by atoms with Crippen LogP contribution in [0.25, 0.3) is 0 Å². The van der Waals surface area contributed by atoms with Crippen molar-refractivity contribution in [1.29, 1.82) is 0 Å². The molecular weight excluding hydrogens is 255 g/mol. The highest BCUT2D eigenvalue weighted by atomic mass is 35.5. The average Bonchev–Trinajstić information content (AvgIpc) is 2.41. The van der Waals surface area contributed by atoms with Crippen LogP contribution in [0.4, 0.5) is 4.39 Å². The lowest BCUT2D eigenvalue weighted by molar-refractivity contribution is 0.0697. The molecular formula is C13H16ClFN2O. The number of hydrogen-bond donors (Lipinski definition) is 1. The minimum absolute atomic E-state index is 0.0401. The van der Waals surface area contributed by atoms with E-state index in [1.807, 2.05) is 7.05 Å². The van der Waals surface area contributed by atoms with Gasteiger partial charge in [-0.2, -0.15) is 0 Å². The molecule has 2 rings (SSSR count). The van der Waals surface area contributed by atoms with Crippen molar-refractivity contribution in [3.63, 3.8) is 0 Å². The minimum atomic E-state index is -0.551. The standard InChI is InChI=1S/C13H16ClFN2O/c1-16-10-3-2-6-17(8-10)13(18)9-4-5-11(14)12(15)7-9/h4-5,7,10,16H,2-3,6,8H2,1H3. The predicted molar refractivity (Wildman–Crippen MR) is 69.4 cm³/mol. The van der Waals surface area contributed by atoms with Gasteiger partial charge in [-0.15, -0.1) is 0 Å². The molecule has 5 heteroatoms. The first-order valence-electron chi connectivity index (χ1n) is 6.03. The molecule has 1 aliphatic rings. The maximum atomic E-state index is 13.3. The Morgan fingerprint density at radius 3 is 3.00 bits per heavy atom. The van der Waals surface area contributed by atoms with Gasteiger partial charge in [0.15, 0.2) is 0 Å². The van der Waals surface area contributed by atoms with E-state index in [2.05, 4.69) is 5.32 Å². The quantitative estimate of drug-likeness (QED) is 0.894. The number of piperidine rings is 1. The van der Waals surface area contributed by atoms with Crippen molar-refractivity contribution in [3.8, 4) is 0 Å². The molecule has 1 N–H and O–H groups in total. The van der Waals surface area contributed by atoms with Gasteiger partial charge in [0.25, 0.3) is 5.91 Å². The number of benzene rings is 1. The van der Waals surface area contributed by atoms with E-state index in [4.69, 9.17) is 11.6 Å². The van der Waals surface area contributed by atoms with E-state index >= 15 is 0 Å². The summed E-state index contributed by atoms with van der Waals surface area (Å²) in [6.45, 7) is 1.39. The molecule has 1 amide bonds. The summed E-state index contributed by atoms with van der Waals surface area (Å²) in [4.78, 5) is 14.0. The first-order valence-corrected chi connectivity index (χ1v) is 6.41. The average molecular weight is 271 g/mol. The molecule has 98 valence electrons. The summed E-state index contributed by atoms with van der Waals surface area (Å²) in [5, 5.41) is 3.21. The fraction of sp³-hybridized carbons (Fsp3) is 0.462. The van der Waals surface area contributed by atoms with E-state index in [1.54, 1.807) is 11.0 Å². The normalized spacial score (nSPS) is 19.9. The molecule has 1 aromatic carbocycles. The van der Waals surface area contributed by atoms with E-state index < -0.39 is 5.82 Å².